The van der Waals surface area contributed by atoms with Crippen LogP contribution >= 0.6 is 0 Å². The van der Waals surface area contributed by atoms with E-state index in [0.717, 1.165) is 23.4 Å². The Bertz CT molecular complexity index is 1530. The third-order valence-corrected chi connectivity index (χ3v) is 7.13. The molecule has 1 aromatic heterocycles. The summed E-state index contributed by atoms with van der Waals surface area (Å²) in [6.07, 6.45) is 5.13. The number of hydrogen-bond donors (Lipinski definition) is 3. The number of amides is 3. The minimum atomic E-state index is -0.235. The summed E-state index contributed by atoms with van der Waals surface area (Å²) in [6, 6.07) is 21.7. The van der Waals surface area contributed by atoms with Gasteiger partial charge in [-0.2, -0.15) is 0 Å². The zero-order valence-corrected chi connectivity index (χ0v) is 22.6. The van der Waals surface area contributed by atoms with E-state index in [-0.39, 0.29) is 30.2 Å². The lowest BCUT2D eigenvalue weighted by molar-refractivity contribution is -0.121. The highest BCUT2D eigenvalue weighted by molar-refractivity contribution is 6.09. The molecule has 5 rings (SSSR count). The van der Waals surface area contributed by atoms with Crippen LogP contribution in [0.2, 0.25) is 0 Å². The SMILES string of the molecule is CNc1ccccc1C(=O)Nc1ccc(C(=O)N2CCCC(NC(=O)Cc3nccn3C)c3ccccc32)cc1. The highest BCUT2D eigenvalue weighted by Crippen LogP contribution is 2.34. The maximum atomic E-state index is 13.7. The fourth-order valence-corrected chi connectivity index (χ4v) is 5.02. The summed E-state index contributed by atoms with van der Waals surface area (Å²) in [7, 11) is 3.63. The van der Waals surface area contributed by atoms with Crippen LogP contribution in [0.5, 0.6) is 0 Å². The smallest absolute Gasteiger partial charge is 0.258 e. The van der Waals surface area contributed by atoms with Crippen LogP contribution < -0.4 is 20.9 Å². The average Bonchev–Trinajstić information content (AvgIpc) is 3.28. The summed E-state index contributed by atoms with van der Waals surface area (Å²) in [6.45, 7) is 0.529. The number of carbonyl (C=O) groups excluding carboxylic acids is 3. The summed E-state index contributed by atoms with van der Waals surface area (Å²) in [5.74, 6) is 0.221. The first-order chi connectivity index (χ1) is 19.4. The predicted molar refractivity (Wildman–Crippen MR) is 156 cm³/mol. The van der Waals surface area contributed by atoms with Gasteiger partial charge in [0.2, 0.25) is 5.91 Å². The van der Waals surface area contributed by atoms with E-state index in [4.69, 9.17) is 0 Å². The number of aryl methyl sites for hydroxylation is 1. The molecule has 1 unspecified atom stereocenters. The molecule has 1 atom stereocenters. The Balaban J connectivity index is 1.30. The summed E-state index contributed by atoms with van der Waals surface area (Å²) in [4.78, 5) is 45.3. The molecule has 204 valence electrons. The van der Waals surface area contributed by atoms with Crippen LogP contribution in [-0.4, -0.2) is 40.9 Å². The van der Waals surface area contributed by atoms with Crippen molar-refractivity contribution in [2.24, 2.45) is 7.05 Å². The van der Waals surface area contributed by atoms with E-state index >= 15 is 0 Å². The van der Waals surface area contributed by atoms with Crippen molar-refractivity contribution in [1.82, 2.24) is 14.9 Å². The molecule has 1 aliphatic rings. The maximum absolute atomic E-state index is 13.7. The van der Waals surface area contributed by atoms with Crippen molar-refractivity contribution in [3.8, 4) is 0 Å². The number of nitrogens with zero attached hydrogens (tertiary/aromatic N) is 3. The minimum Gasteiger partial charge on any atom is -0.387 e. The average molecular weight is 537 g/mol. The number of anilines is 3. The number of aromatic nitrogens is 2. The van der Waals surface area contributed by atoms with Crippen LogP contribution in [0, 0.1) is 0 Å². The summed E-state index contributed by atoms with van der Waals surface area (Å²) in [5.41, 5.74) is 4.08. The van der Waals surface area contributed by atoms with Gasteiger partial charge >= 0.3 is 0 Å². The van der Waals surface area contributed by atoms with Crippen LogP contribution in [0.25, 0.3) is 0 Å². The third kappa shape index (κ3) is 5.73. The first kappa shape index (κ1) is 26.7. The van der Waals surface area contributed by atoms with Gasteiger partial charge in [0, 0.05) is 55.7 Å². The van der Waals surface area contributed by atoms with Crippen molar-refractivity contribution >= 4 is 34.8 Å². The van der Waals surface area contributed by atoms with Gasteiger partial charge in [0.25, 0.3) is 11.8 Å². The molecule has 1 aliphatic heterocycles. The van der Waals surface area contributed by atoms with Gasteiger partial charge in [-0.25, -0.2) is 4.98 Å². The molecular weight excluding hydrogens is 504 g/mol. The molecule has 4 aromatic rings. The standard InChI is InChI=1S/C31H32N6O3/c1-32-25-10-5-3-9-24(25)30(39)34-22-15-13-21(14-16-22)31(40)37-18-7-11-26(23-8-4-6-12-27(23)37)35-29(38)20-28-33-17-19-36(28)2/h3-6,8-10,12-17,19,26,32H,7,11,18,20H2,1-2H3,(H,34,39)(H,35,38). The van der Waals surface area contributed by atoms with Crippen LogP contribution in [-0.2, 0) is 18.3 Å². The minimum absolute atomic E-state index is 0.108. The molecule has 2 heterocycles. The molecule has 0 saturated heterocycles. The van der Waals surface area contributed by atoms with Crippen LogP contribution in [0.3, 0.4) is 0 Å². The number of hydrogen-bond acceptors (Lipinski definition) is 5. The predicted octanol–water partition coefficient (Wildman–Crippen LogP) is 4.55. The molecule has 0 fully saturated rings. The second kappa shape index (κ2) is 11.9. The Morgan fingerprint density at radius 2 is 1.73 bits per heavy atom. The Hall–Kier alpha value is -4.92. The van der Waals surface area contributed by atoms with Crippen LogP contribution in [0.4, 0.5) is 17.1 Å². The van der Waals surface area contributed by atoms with Gasteiger partial charge in [-0.3, -0.25) is 14.4 Å². The Kier molecular flexibility index (Phi) is 7.91. The summed E-state index contributed by atoms with van der Waals surface area (Å²) >= 11 is 0. The lowest BCUT2D eigenvalue weighted by atomic mass is 10.0. The maximum Gasteiger partial charge on any atom is 0.258 e. The molecule has 40 heavy (non-hydrogen) atoms. The molecule has 0 radical (unpaired) electrons. The van der Waals surface area contributed by atoms with E-state index in [1.165, 1.54) is 0 Å². The molecule has 3 aromatic carbocycles. The van der Waals surface area contributed by atoms with Crippen molar-refractivity contribution in [2.75, 3.05) is 29.1 Å². The number of para-hydroxylation sites is 2. The lowest BCUT2D eigenvalue weighted by Gasteiger charge is -2.24. The first-order valence-corrected chi connectivity index (χ1v) is 13.3. The lowest BCUT2D eigenvalue weighted by Crippen LogP contribution is -2.32. The Morgan fingerprint density at radius 3 is 2.48 bits per heavy atom. The molecule has 9 heteroatoms. The highest BCUT2D eigenvalue weighted by atomic mass is 16.2. The number of imidazole rings is 1. The fraction of sp³-hybridized carbons (Fsp3) is 0.226. The molecule has 0 spiro atoms. The second-order valence-corrected chi connectivity index (χ2v) is 9.74. The number of fused-ring (bicyclic) bond motifs is 1. The van der Waals surface area contributed by atoms with E-state index < -0.39 is 0 Å². The van der Waals surface area contributed by atoms with Gasteiger partial charge < -0.3 is 25.4 Å². The topological polar surface area (TPSA) is 108 Å². The molecular formula is C31H32N6O3. The van der Waals surface area contributed by atoms with Crippen LogP contribution in [0.1, 0.15) is 51.0 Å². The van der Waals surface area contributed by atoms with Crippen molar-refractivity contribution < 1.29 is 14.4 Å². The quantitative estimate of drug-likeness (QED) is 0.321. The van der Waals surface area contributed by atoms with Crippen LogP contribution in [0.15, 0.2) is 85.2 Å². The van der Waals surface area contributed by atoms with E-state index in [9.17, 15) is 14.4 Å². The summed E-state index contributed by atoms with van der Waals surface area (Å²) < 4.78 is 1.83. The van der Waals surface area contributed by atoms with E-state index in [2.05, 4.69) is 20.9 Å². The Labute approximate surface area is 233 Å². The molecule has 3 amide bonds. The van der Waals surface area contributed by atoms with E-state index in [0.29, 0.717) is 35.6 Å². The second-order valence-electron chi connectivity index (χ2n) is 9.74. The van der Waals surface area contributed by atoms with E-state index in [1.807, 2.05) is 60.3 Å². The zero-order chi connectivity index (χ0) is 28.1. The van der Waals surface area contributed by atoms with Gasteiger partial charge in [0.05, 0.1) is 18.0 Å². The third-order valence-electron chi connectivity index (χ3n) is 7.13. The van der Waals surface area contributed by atoms with Gasteiger partial charge in [0.1, 0.15) is 5.82 Å². The van der Waals surface area contributed by atoms with Gasteiger partial charge in [0.15, 0.2) is 0 Å². The molecule has 0 saturated carbocycles. The van der Waals surface area contributed by atoms with Gasteiger partial charge in [-0.1, -0.05) is 30.3 Å². The number of nitrogens with one attached hydrogen (secondary N) is 3. The van der Waals surface area contributed by atoms with Crippen molar-refractivity contribution in [3.05, 3.63) is 108 Å². The van der Waals surface area contributed by atoms with E-state index in [1.54, 1.807) is 48.5 Å². The molecule has 9 nitrogen and oxygen atoms in total. The molecule has 0 bridgehead atoms. The molecule has 0 aliphatic carbocycles. The number of carbonyl (C=O) groups is 3. The molecule has 3 N–H and O–H groups in total. The Morgan fingerprint density at radius 1 is 0.975 bits per heavy atom. The van der Waals surface area contributed by atoms with Gasteiger partial charge in [-0.15, -0.1) is 0 Å². The number of benzene rings is 3. The monoisotopic (exact) mass is 536 g/mol. The fourth-order valence-electron chi connectivity index (χ4n) is 5.02. The largest absolute Gasteiger partial charge is 0.387 e. The van der Waals surface area contributed by atoms with Gasteiger partial charge in [-0.05, 0) is 60.9 Å². The first-order valence-electron chi connectivity index (χ1n) is 13.3. The normalized spacial score (nSPS) is 14.6. The zero-order valence-electron chi connectivity index (χ0n) is 22.6. The summed E-state index contributed by atoms with van der Waals surface area (Å²) in [5, 5.41) is 9.07. The number of rotatable bonds is 7. The van der Waals surface area contributed by atoms with Crippen molar-refractivity contribution in [2.45, 2.75) is 25.3 Å². The highest BCUT2D eigenvalue weighted by Gasteiger charge is 2.28. The van der Waals surface area contributed by atoms with Crippen molar-refractivity contribution in [3.63, 3.8) is 0 Å². The van der Waals surface area contributed by atoms with Crippen molar-refractivity contribution in [1.29, 1.82) is 0 Å².